The van der Waals surface area contributed by atoms with Gasteiger partial charge >= 0.3 is 0 Å². The van der Waals surface area contributed by atoms with Crippen molar-refractivity contribution < 1.29 is 0 Å². The van der Waals surface area contributed by atoms with Gasteiger partial charge < -0.3 is 0 Å². The Balaban J connectivity index is 1.90. The zero-order chi connectivity index (χ0) is 18.5. The molecule has 26 heavy (non-hydrogen) atoms. The minimum atomic E-state index is 1.22. The molecule has 0 amide bonds. The number of hydrogen-bond acceptors (Lipinski definition) is 1. The second-order valence-corrected chi connectivity index (χ2v) is 8.84. The molecule has 0 bridgehead atoms. The van der Waals surface area contributed by atoms with Crippen molar-refractivity contribution in [3.63, 3.8) is 0 Å². The highest BCUT2D eigenvalue weighted by Crippen LogP contribution is 2.39. The third kappa shape index (κ3) is 3.98. The van der Waals surface area contributed by atoms with E-state index in [2.05, 4.69) is 52.0 Å². The lowest BCUT2D eigenvalue weighted by Crippen LogP contribution is -1.90. The molecule has 0 aliphatic carbocycles. The van der Waals surface area contributed by atoms with E-state index in [1.54, 1.807) is 11.1 Å². The van der Waals surface area contributed by atoms with Crippen LogP contribution in [0.4, 0.5) is 0 Å². The van der Waals surface area contributed by atoms with Gasteiger partial charge in [0.2, 0.25) is 0 Å². The van der Waals surface area contributed by atoms with Crippen molar-refractivity contribution in [1.29, 1.82) is 0 Å². The van der Waals surface area contributed by atoms with Crippen LogP contribution in [-0.4, -0.2) is 0 Å². The molecule has 0 atom stereocenters. The van der Waals surface area contributed by atoms with Gasteiger partial charge in [-0.15, -0.1) is 11.3 Å². The quantitative estimate of drug-likeness (QED) is 0.333. The fraction of sp³-hybridized carbons (Fsp3) is 0.520. The van der Waals surface area contributed by atoms with Gasteiger partial charge in [0.05, 0.1) is 0 Å². The van der Waals surface area contributed by atoms with Crippen LogP contribution < -0.4 is 0 Å². The van der Waals surface area contributed by atoms with E-state index in [0.717, 1.165) is 0 Å². The highest BCUT2D eigenvalue weighted by molar-refractivity contribution is 7.26. The summed E-state index contributed by atoms with van der Waals surface area (Å²) < 4.78 is 3.03. The molecule has 1 aromatic heterocycles. The first kappa shape index (κ1) is 19.4. The summed E-state index contributed by atoms with van der Waals surface area (Å²) in [4.78, 5) is 0. The van der Waals surface area contributed by atoms with Crippen molar-refractivity contribution in [3.05, 3.63) is 46.5 Å². The van der Waals surface area contributed by atoms with E-state index in [4.69, 9.17) is 0 Å². The number of unbranched alkanes of at least 4 members (excludes halogenated alkanes) is 5. The summed E-state index contributed by atoms with van der Waals surface area (Å²) in [7, 11) is 0. The van der Waals surface area contributed by atoms with Crippen molar-refractivity contribution in [1.82, 2.24) is 0 Å². The third-order valence-corrected chi connectivity index (χ3v) is 7.34. The second-order valence-electron chi connectivity index (χ2n) is 7.82. The van der Waals surface area contributed by atoms with Crippen LogP contribution in [0.2, 0.25) is 0 Å². The van der Waals surface area contributed by atoms with Gasteiger partial charge in [0.15, 0.2) is 0 Å². The maximum Gasteiger partial charge on any atom is 0.0387 e. The Kier molecular flexibility index (Phi) is 6.75. The van der Waals surface area contributed by atoms with Gasteiger partial charge in [0.25, 0.3) is 0 Å². The van der Waals surface area contributed by atoms with Crippen LogP contribution in [0.5, 0.6) is 0 Å². The Bertz CT molecular complexity index is 869. The number of benzene rings is 2. The monoisotopic (exact) mass is 366 g/mol. The smallest absolute Gasteiger partial charge is 0.0387 e. The Morgan fingerprint density at radius 2 is 1.12 bits per heavy atom. The molecule has 0 nitrogen and oxygen atoms in total. The third-order valence-electron chi connectivity index (χ3n) is 5.88. The maximum absolute atomic E-state index is 2.39. The number of thiophene rings is 1. The largest absolute Gasteiger partial charge is 0.135 e. The van der Waals surface area contributed by atoms with E-state index >= 15 is 0 Å². The summed E-state index contributed by atoms with van der Waals surface area (Å²) in [6, 6.07) is 9.52. The summed E-state index contributed by atoms with van der Waals surface area (Å²) in [5.41, 5.74) is 6.13. The Hall–Kier alpha value is -1.34. The minimum absolute atomic E-state index is 1.22. The summed E-state index contributed by atoms with van der Waals surface area (Å²) in [5, 5.41) is 2.92. The molecule has 3 rings (SSSR count). The lowest BCUT2D eigenvalue weighted by molar-refractivity contribution is 0.632. The highest BCUT2D eigenvalue weighted by atomic mass is 32.1. The summed E-state index contributed by atoms with van der Waals surface area (Å²) in [5.74, 6) is 0. The first-order valence-electron chi connectivity index (χ1n) is 10.6. The highest BCUT2D eigenvalue weighted by Gasteiger charge is 2.13. The standard InChI is InChI=1S/C25H34S/c1-5-7-9-10-11-13-21-15-17-23-22-16-14-20(12-8-6-2)18(3)24(22)26-25(23)19(21)4/h14-17H,5-13H2,1-4H3. The molecule has 0 radical (unpaired) electrons. The summed E-state index contributed by atoms with van der Waals surface area (Å²) >= 11 is 2.02. The lowest BCUT2D eigenvalue weighted by Gasteiger charge is -2.07. The van der Waals surface area contributed by atoms with Gasteiger partial charge in [0.1, 0.15) is 0 Å². The Labute approximate surface area is 163 Å². The van der Waals surface area contributed by atoms with Gasteiger partial charge in [-0.25, -0.2) is 0 Å². The molecule has 0 fully saturated rings. The van der Waals surface area contributed by atoms with Crippen molar-refractivity contribution in [2.24, 2.45) is 0 Å². The van der Waals surface area contributed by atoms with Crippen LogP contribution in [0, 0.1) is 13.8 Å². The molecular formula is C25H34S. The van der Waals surface area contributed by atoms with Crippen molar-refractivity contribution >= 4 is 31.5 Å². The van der Waals surface area contributed by atoms with Gasteiger partial charge in [0, 0.05) is 20.2 Å². The van der Waals surface area contributed by atoms with Gasteiger partial charge in [-0.05, 0) is 61.8 Å². The van der Waals surface area contributed by atoms with Crippen molar-refractivity contribution in [3.8, 4) is 0 Å². The average molecular weight is 367 g/mol. The van der Waals surface area contributed by atoms with Crippen LogP contribution >= 0.6 is 11.3 Å². The predicted molar refractivity (Wildman–Crippen MR) is 120 cm³/mol. The average Bonchev–Trinajstić information content (AvgIpc) is 3.03. The Morgan fingerprint density at radius 1 is 0.615 bits per heavy atom. The van der Waals surface area contributed by atoms with Crippen molar-refractivity contribution in [2.45, 2.75) is 85.5 Å². The molecule has 2 aromatic carbocycles. The van der Waals surface area contributed by atoms with Crippen LogP contribution in [-0.2, 0) is 12.8 Å². The number of fused-ring (bicyclic) bond motifs is 3. The molecule has 0 unspecified atom stereocenters. The first-order valence-corrected chi connectivity index (χ1v) is 11.4. The summed E-state index contributed by atoms with van der Waals surface area (Å²) in [6.07, 6.45) is 11.8. The Morgan fingerprint density at radius 3 is 1.65 bits per heavy atom. The fourth-order valence-electron chi connectivity index (χ4n) is 4.08. The fourth-order valence-corrected chi connectivity index (χ4v) is 5.43. The van der Waals surface area contributed by atoms with E-state index in [0.29, 0.717) is 0 Å². The SMILES string of the molecule is CCCCCCCc1ccc2c(sc3c(C)c(CCCC)ccc32)c1C. The maximum atomic E-state index is 2.39. The number of rotatable bonds is 9. The molecule has 0 aliphatic rings. The normalized spacial score (nSPS) is 11.7. The van der Waals surface area contributed by atoms with E-state index in [1.165, 1.54) is 89.1 Å². The van der Waals surface area contributed by atoms with Gasteiger partial charge in [-0.2, -0.15) is 0 Å². The first-order chi connectivity index (χ1) is 12.7. The number of aryl methyl sites for hydroxylation is 4. The zero-order valence-electron chi connectivity index (χ0n) is 17.1. The van der Waals surface area contributed by atoms with Crippen LogP contribution in [0.25, 0.3) is 20.2 Å². The molecule has 0 N–H and O–H groups in total. The van der Waals surface area contributed by atoms with E-state index < -0.39 is 0 Å². The van der Waals surface area contributed by atoms with Crippen molar-refractivity contribution in [2.75, 3.05) is 0 Å². The predicted octanol–water partition coefficient (Wildman–Crippen LogP) is 8.53. The topological polar surface area (TPSA) is 0 Å². The van der Waals surface area contributed by atoms with Crippen LogP contribution in [0.3, 0.4) is 0 Å². The number of hydrogen-bond donors (Lipinski definition) is 0. The zero-order valence-corrected chi connectivity index (χ0v) is 17.9. The van der Waals surface area contributed by atoms with Gasteiger partial charge in [-0.3, -0.25) is 0 Å². The van der Waals surface area contributed by atoms with E-state index in [9.17, 15) is 0 Å². The van der Waals surface area contributed by atoms with Gasteiger partial charge in [-0.1, -0.05) is 70.2 Å². The molecule has 1 heteroatoms. The molecule has 140 valence electrons. The van der Waals surface area contributed by atoms with Crippen LogP contribution in [0.15, 0.2) is 24.3 Å². The molecule has 3 aromatic rings. The van der Waals surface area contributed by atoms with E-state index in [-0.39, 0.29) is 0 Å². The van der Waals surface area contributed by atoms with Crippen LogP contribution in [0.1, 0.15) is 81.0 Å². The molecule has 0 spiro atoms. The molecule has 0 saturated carbocycles. The second kappa shape index (κ2) is 9.04. The summed E-state index contributed by atoms with van der Waals surface area (Å²) in [6.45, 7) is 9.23. The lowest BCUT2D eigenvalue weighted by atomic mass is 9.97. The van der Waals surface area contributed by atoms with E-state index in [1.807, 2.05) is 11.3 Å². The minimum Gasteiger partial charge on any atom is -0.135 e. The molecule has 1 heterocycles. The molecular weight excluding hydrogens is 332 g/mol. The molecule has 0 saturated heterocycles. The molecule has 0 aliphatic heterocycles.